The molecule has 0 radical (unpaired) electrons. The predicted molar refractivity (Wildman–Crippen MR) is 75.1 cm³/mol. The zero-order valence-corrected chi connectivity index (χ0v) is 10.9. The molecule has 3 nitrogen and oxygen atoms in total. The zero-order chi connectivity index (χ0) is 13.8. The molecule has 0 bridgehead atoms. The van der Waals surface area contributed by atoms with Crippen LogP contribution in [0.25, 0.3) is 0 Å². The smallest absolute Gasteiger partial charge is 0.142 e. The molecule has 0 aliphatic carbocycles. The van der Waals surface area contributed by atoms with E-state index in [9.17, 15) is 4.39 Å². The molecule has 0 aliphatic heterocycles. The van der Waals surface area contributed by atoms with Crippen LogP contribution in [-0.4, -0.2) is 21.7 Å². The summed E-state index contributed by atoms with van der Waals surface area (Å²) in [6.45, 7) is -0.593. The second kappa shape index (κ2) is 5.25. The highest BCUT2D eigenvalue weighted by atomic mass is 19.1. The minimum Gasteiger partial charge on any atom is -0.248 e. The molecule has 0 saturated carbocycles. The van der Waals surface area contributed by atoms with E-state index in [1.54, 1.807) is 17.1 Å². The van der Waals surface area contributed by atoms with Crippen LogP contribution in [0.5, 0.6) is 0 Å². The topological polar surface area (TPSA) is 30.7 Å². The maximum atomic E-state index is 14.2. The van der Waals surface area contributed by atoms with E-state index in [-0.39, 0.29) is 0 Å². The molecule has 1 heterocycles. The monoisotopic (exact) mass is 267 g/mol. The van der Waals surface area contributed by atoms with Crippen molar-refractivity contribution in [3.8, 4) is 0 Å². The lowest BCUT2D eigenvalue weighted by atomic mass is 9.84. The number of alkyl halides is 1. The summed E-state index contributed by atoms with van der Waals surface area (Å²) in [4.78, 5) is 0. The fourth-order valence-electron chi connectivity index (χ4n) is 2.49. The Morgan fingerprint density at radius 3 is 1.85 bits per heavy atom. The van der Waals surface area contributed by atoms with Gasteiger partial charge < -0.3 is 0 Å². The van der Waals surface area contributed by atoms with Gasteiger partial charge in [0.05, 0.1) is 6.20 Å². The van der Waals surface area contributed by atoms with Crippen molar-refractivity contribution in [3.63, 3.8) is 0 Å². The van der Waals surface area contributed by atoms with Crippen molar-refractivity contribution in [1.29, 1.82) is 0 Å². The number of nitrogens with zero attached hydrogens (tertiary/aromatic N) is 3. The molecule has 0 aliphatic rings. The van der Waals surface area contributed by atoms with Crippen LogP contribution < -0.4 is 0 Å². The summed E-state index contributed by atoms with van der Waals surface area (Å²) in [7, 11) is 0. The van der Waals surface area contributed by atoms with Gasteiger partial charge in [-0.15, -0.1) is 5.10 Å². The highest BCUT2D eigenvalue weighted by molar-refractivity contribution is 5.39. The second-order valence-electron chi connectivity index (χ2n) is 4.57. The third-order valence-electron chi connectivity index (χ3n) is 3.51. The predicted octanol–water partition coefficient (Wildman–Crippen LogP) is 3.04. The molecule has 1 aromatic heterocycles. The Labute approximate surface area is 116 Å². The zero-order valence-electron chi connectivity index (χ0n) is 10.9. The SMILES string of the molecule is FCC(c1ccccc1)(c1ccccc1)n1ccnn1. The van der Waals surface area contributed by atoms with E-state index in [1.807, 2.05) is 60.7 Å². The summed E-state index contributed by atoms with van der Waals surface area (Å²) in [5, 5.41) is 7.87. The van der Waals surface area contributed by atoms with E-state index in [0.717, 1.165) is 11.1 Å². The van der Waals surface area contributed by atoms with E-state index in [1.165, 1.54) is 0 Å². The second-order valence-corrected chi connectivity index (χ2v) is 4.57. The van der Waals surface area contributed by atoms with Gasteiger partial charge in [0.25, 0.3) is 0 Å². The largest absolute Gasteiger partial charge is 0.248 e. The van der Waals surface area contributed by atoms with Crippen LogP contribution >= 0.6 is 0 Å². The molecule has 3 rings (SSSR count). The third-order valence-corrected chi connectivity index (χ3v) is 3.51. The number of hydrogen-bond donors (Lipinski definition) is 0. The van der Waals surface area contributed by atoms with Gasteiger partial charge in [-0.1, -0.05) is 65.9 Å². The molecule has 0 atom stereocenters. The molecule has 100 valence electrons. The lowest BCUT2D eigenvalue weighted by Crippen LogP contribution is -2.39. The Balaban J connectivity index is 2.27. The Morgan fingerprint density at radius 1 is 0.900 bits per heavy atom. The van der Waals surface area contributed by atoms with Crippen molar-refractivity contribution in [2.75, 3.05) is 6.67 Å². The van der Waals surface area contributed by atoms with Gasteiger partial charge in [-0.2, -0.15) is 0 Å². The van der Waals surface area contributed by atoms with Gasteiger partial charge in [-0.3, -0.25) is 0 Å². The lowest BCUT2D eigenvalue weighted by molar-refractivity contribution is 0.281. The summed E-state index contributed by atoms with van der Waals surface area (Å²) in [6, 6.07) is 19.1. The van der Waals surface area contributed by atoms with Crippen LogP contribution in [0.4, 0.5) is 4.39 Å². The summed E-state index contributed by atoms with van der Waals surface area (Å²) in [5.74, 6) is 0. The molecule has 0 unspecified atom stereocenters. The van der Waals surface area contributed by atoms with E-state index >= 15 is 0 Å². The molecule has 0 N–H and O–H groups in total. The van der Waals surface area contributed by atoms with Gasteiger partial charge in [0.1, 0.15) is 12.2 Å². The molecule has 0 spiro atoms. The normalized spacial score (nSPS) is 11.4. The molecule has 0 saturated heterocycles. The molecule has 0 fully saturated rings. The lowest BCUT2D eigenvalue weighted by Gasteiger charge is -2.32. The number of aromatic nitrogens is 3. The maximum absolute atomic E-state index is 14.2. The van der Waals surface area contributed by atoms with E-state index in [0.29, 0.717) is 0 Å². The summed E-state index contributed by atoms with van der Waals surface area (Å²) in [5.41, 5.74) is 0.720. The molecular formula is C16H14FN3. The van der Waals surface area contributed by atoms with Crippen LogP contribution in [0, 0.1) is 0 Å². The van der Waals surface area contributed by atoms with Gasteiger partial charge in [0.15, 0.2) is 0 Å². The summed E-state index contributed by atoms with van der Waals surface area (Å²) < 4.78 is 15.7. The first-order valence-corrected chi connectivity index (χ1v) is 6.42. The summed E-state index contributed by atoms with van der Waals surface area (Å²) >= 11 is 0. The highest BCUT2D eigenvalue weighted by Crippen LogP contribution is 2.33. The number of hydrogen-bond acceptors (Lipinski definition) is 2. The minimum atomic E-state index is -0.973. The van der Waals surface area contributed by atoms with Crippen molar-refractivity contribution in [1.82, 2.24) is 15.0 Å². The fourth-order valence-corrected chi connectivity index (χ4v) is 2.49. The van der Waals surface area contributed by atoms with Crippen molar-refractivity contribution >= 4 is 0 Å². The molecule has 4 heteroatoms. The standard InChI is InChI=1S/C16H14FN3/c17-13-16(20-12-11-18-19-20,14-7-3-1-4-8-14)15-9-5-2-6-10-15/h1-12H,13H2. The maximum Gasteiger partial charge on any atom is 0.142 e. The molecular weight excluding hydrogens is 253 g/mol. The minimum absolute atomic E-state index is 0.593. The van der Waals surface area contributed by atoms with Gasteiger partial charge in [0, 0.05) is 6.20 Å². The summed E-state index contributed by atoms with van der Waals surface area (Å²) in [6.07, 6.45) is 3.26. The van der Waals surface area contributed by atoms with E-state index in [4.69, 9.17) is 0 Å². The Hall–Kier alpha value is -2.49. The van der Waals surface area contributed by atoms with Crippen LogP contribution in [0.3, 0.4) is 0 Å². The quantitative estimate of drug-likeness (QED) is 0.727. The number of benzene rings is 2. The first kappa shape index (κ1) is 12.5. The van der Waals surface area contributed by atoms with E-state index in [2.05, 4.69) is 10.3 Å². The Bertz CT molecular complexity index is 611. The average Bonchev–Trinajstić information content (AvgIpc) is 3.06. The van der Waals surface area contributed by atoms with E-state index < -0.39 is 12.2 Å². The molecule has 0 amide bonds. The number of rotatable bonds is 4. The van der Waals surface area contributed by atoms with Crippen LogP contribution in [-0.2, 0) is 5.54 Å². The van der Waals surface area contributed by atoms with Crippen LogP contribution in [0.1, 0.15) is 11.1 Å². The van der Waals surface area contributed by atoms with Crippen molar-refractivity contribution in [3.05, 3.63) is 84.2 Å². The van der Waals surface area contributed by atoms with Crippen molar-refractivity contribution < 1.29 is 4.39 Å². The third kappa shape index (κ3) is 1.90. The molecule has 3 aromatic rings. The molecule has 20 heavy (non-hydrogen) atoms. The Morgan fingerprint density at radius 2 is 1.45 bits per heavy atom. The first-order chi connectivity index (χ1) is 9.88. The van der Waals surface area contributed by atoms with Gasteiger partial charge in [-0.05, 0) is 11.1 Å². The fraction of sp³-hybridized carbons (Fsp3) is 0.125. The van der Waals surface area contributed by atoms with Crippen LogP contribution in [0.15, 0.2) is 73.1 Å². The van der Waals surface area contributed by atoms with Crippen molar-refractivity contribution in [2.45, 2.75) is 5.54 Å². The average molecular weight is 267 g/mol. The van der Waals surface area contributed by atoms with Crippen LogP contribution in [0.2, 0.25) is 0 Å². The van der Waals surface area contributed by atoms with Gasteiger partial charge in [0.2, 0.25) is 0 Å². The first-order valence-electron chi connectivity index (χ1n) is 6.42. The Kier molecular flexibility index (Phi) is 3.29. The van der Waals surface area contributed by atoms with Gasteiger partial charge >= 0.3 is 0 Å². The number of halogens is 1. The van der Waals surface area contributed by atoms with Gasteiger partial charge in [-0.25, -0.2) is 9.07 Å². The van der Waals surface area contributed by atoms with Crippen molar-refractivity contribution in [2.24, 2.45) is 0 Å². The molecule has 2 aromatic carbocycles. The highest BCUT2D eigenvalue weighted by Gasteiger charge is 2.37.